The van der Waals surface area contributed by atoms with Crippen LogP contribution in [0.2, 0.25) is 0 Å². The highest BCUT2D eigenvalue weighted by Crippen LogP contribution is 2.47. The largest absolute Gasteiger partial charge is 0.469 e. The van der Waals surface area contributed by atoms with Crippen molar-refractivity contribution in [1.82, 2.24) is 0 Å². The molecule has 0 fully saturated rings. The van der Waals surface area contributed by atoms with Gasteiger partial charge in [-0.25, -0.2) is 0 Å². The highest BCUT2D eigenvalue weighted by molar-refractivity contribution is 5.93. The van der Waals surface area contributed by atoms with E-state index in [2.05, 4.69) is 43.0 Å². The van der Waals surface area contributed by atoms with Crippen LogP contribution in [-0.4, -0.2) is 13.1 Å². The van der Waals surface area contributed by atoms with Crippen molar-refractivity contribution in [2.24, 2.45) is 0 Å². The normalized spacial score (nSPS) is 19.3. The maximum absolute atomic E-state index is 12.0. The van der Waals surface area contributed by atoms with Crippen molar-refractivity contribution in [2.45, 2.75) is 37.5 Å². The van der Waals surface area contributed by atoms with Gasteiger partial charge >= 0.3 is 5.97 Å². The van der Waals surface area contributed by atoms with Crippen LogP contribution in [0, 0.1) is 0 Å². The molecule has 1 atom stereocenters. The first-order chi connectivity index (χ1) is 10.7. The Morgan fingerprint density at radius 3 is 2.82 bits per heavy atom. The number of hydrogen-bond donors (Lipinski definition) is 0. The van der Waals surface area contributed by atoms with Gasteiger partial charge in [0.05, 0.1) is 13.5 Å². The van der Waals surface area contributed by atoms with Crippen LogP contribution in [0.4, 0.5) is 0 Å². The van der Waals surface area contributed by atoms with Gasteiger partial charge in [0.25, 0.3) is 0 Å². The fourth-order valence-corrected chi connectivity index (χ4v) is 3.87. The molecule has 0 spiro atoms. The van der Waals surface area contributed by atoms with Crippen LogP contribution >= 0.6 is 0 Å². The van der Waals surface area contributed by atoms with E-state index in [1.807, 2.05) is 6.08 Å². The van der Waals surface area contributed by atoms with Crippen LogP contribution in [-0.2, 0) is 21.4 Å². The molecule has 22 heavy (non-hydrogen) atoms. The Morgan fingerprint density at radius 1 is 1.32 bits per heavy atom. The summed E-state index contributed by atoms with van der Waals surface area (Å²) in [6.45, 7) is 3.81. The summed E-state index contributed by atoms with van der Waals surface area (Å²) in [6, 6.07) is 12.9. The van der Waals surface area contributed by atoms with Gasteiger partial charge in [-0.3, -0.25) is 4.79 Å². The lowest BCUT2D eigenvalue weighted by Crippen LogP contribution is -2.29. The van der Waals surface area contributed by atoms with Crippen molar-refractivity contribution in [3.05, 3.63) is 60.2 Å². The van der Waals surface area contributed by atoms with E-state index in [0.29, 0.717) is 6.42 Å². The van der Waals surface area contributed by atoms with E-state index in [4.69, 9.17) is 4.74 Å². The zero-order chi connectivity index (χ0) is 15.6. The first-order valence-corrected chi connectivity index (χ1v) is 7.89. The van der Waals surface area contributed by atoms with Gasteiger partial charge in [-0.2, -0.15) is 0 Å². The second kappa shape index (κ2) is 5.96. The molecule has 1 aliphatic carbocycles. The number of rotatable bonds is 6. The Bertz CT molecular complexity index is 711. The molecule has 0 aromatic heterocycles. The minimum Gasteiger partial charge on any atom is -0.469 e. The van der Waals surface area contributed by atoms with E-state index in [1.54, 1.807) is 0 Å². The van der Waals surface area contributed by atoms with Gasteiger partial charge in [0.1, 0.15) is 0 Å². The summed E-state index contributed by atoms with van der Waals surface area (Å²) in [5.74, 6) is -0.122. The average molecular weight is 294 g/mol. The number of hydrogen-bond acceptors (Lipinski definition) is 2. The molecule has 2 heteroatoms. The van der Waals surface area contributed by atoms with Crippen molar-refractivity contribution in [1.29, 1.82) is 0 Å². The highest BCUT2D eigenvalue weighted by atomic mass is 16.5. The average Bonchev–Trinajstić information content (AvgIpc) is 2.84. The van der Waals surface area contributed by atoms with E-state index < -0.39 is 0 Å². The standard InChI is InChI=1S/C20H22O2/c1-3-4-5-12-20(14-18(21)22-2)13-16-10-6-8-15-9-7-11-17(20)19(15)16/h3,6-11H,1,4-5,12-14H2,2H3. The molecule has 2 aromatic carbocycles. The molecule has 114 valence electrons. The molecule has 1 aliphatic rings. The number of methoxy groups -OCH3 is 1. The lowest BCUT2D eigenvalue weighted by molar-refractivity contribution is -0.142. The first kappa shape index (κ1) is 14.8. The number of carbonyl (C=O) groups is 1. The molecule has 0 saturated heterocycles. The maximum atomic E-state index is 12.0. The Kier molecular flexibility index (Phi) is 4.02. The summed E-state index contributed by atoms with van der Waals surface area (Å²) in [7, 11) is 1.47. The topological polar surface area (TPSA) is 26.3 Å². The summed E-state index contributed by atoms with van der Waals surface area (Å²) in [5, 5.41) is 2.61. The van der Waals surface area contributed by atoms with E-state index in [-0.39, 0.29) is 11.4 Å². The number of unbranched alkanes of at least 4 members (excludes halogenated alkanes) is 1. The van der Waals surface area contributed by atoms with Gasteiger partial charge in [0, 0.05) is 5.41 Å². The third kappa shape index (κ3) is 2.43. The molecule has 0 bridgehead atoms. The molecule has 0 amide bonds. The minimum absolute atomic E-state index is 0.122. The molecule has 3 rings (SSSR count). The van der Waals surface area contributed by atoms with Crippen molar-refractivity contribution in [2.75, 3.05) is 7.11 Å². The highest BCUT2D eigenvalue weighted by Gasteiger charge is 2.40. The van der Waals surface area contributed by atoms with Crippen LogP contribution in [0.25, 0.3) is 10.8 Å². The van der Waals surface area contributed by atoms with Crippen molar-refractivity contribution >= 4 is 16.7 Å². The summed E-state index contributed by atoms with van der Waals surface area (Å²) in [5.41, 5.74) is 2.55. The van der Waals surface area contributed by atoms with Crippen LogP contribution in [0.5, 0.6) is 0 Å². The van der Waals surface area contributed by atoms with E-state index in [0.717, 1.165) is 25.7 Å². The predicted molar refractivity (Wildman–Crippen MR) is 90.0 cm³/mol. The second-order valence-electron chi connectivity index (χ2n) is 6.21. The summed E-state index contributed by atoms with van der Waals surface area (Å²) in [4.78, 5) is 12.0. The molecule has 1 unspecified atom stereocenters. The molecule has 0 heterocycles. The molecule has 0 N–H and O–H groups in total. The van der Waals surface area contributed by atoms with E-state index in [1.165, 1.54) is 29.0 Å². The summed E-state index contributed by atoms with van der Waals surface area (Å²) in [6.07, 6.45) is 6.35. The summed E-state index contributed by atoms with van der Waals surface area (Å²) >= 11 is 0. The van der Waals surface area contributed by atoms with Crippen LogP contribution in [0.15, 0.2) is 49.1 Å². The smallest absolute Gasteiger partial charge is 0.306 e. The Balaban J connectivity index is 2.06. The molecule has 0 aliphatic heterocycles. The van der Waals surface area contributed by atoms with Gasteiger partial charge in [0.15, 0.2) is 0 Å². The molecular formula is C20H22O2. The Hall–Kier alpha value is -2.09. The maximum Gasteiger partial charge on any atom is 0.306 e. The SMILES string of the molecule is C=CCCCC1(CC(=O)OC)Cc2cccc3cccc1c23. The van der Waals surface area contributed by atoms with Crippen molar-refractivity contribution in [3.8, 4) is 0 Å². The lowest BCUT2D eigenvalue weighted by atomic mass is 9.74. The predicted octanol–water partition coefficient (Wildman–Crippen LogP) is 4.55. The third-order valence-corrected chi connectivity index (χ3v) is 4.87. The summed E-state index contributed by atoms with van der Waals surface area (Å²) < 4.78 is 4.98. The van der Waals surface area contributed by atoms with Crippen LogP contribution in [0.1, 0.15) is 36.8 Å². The Labute approximate surface area is 131 Å². The fraction of sp³-hybridized carbons (Fsp3) is 0.350. The quantitative estimate of drug-likeness (QED) is 0.444. The number of carbonyl (C=O) groups excluding carboxylic acids is 1. The van der Waals surface area contributed by atoms with Gasteiger partial charge in [-0.1, -0.05) is 42.5 Å². The molecular weight excluding hydrogens is 272 g/mol. The molecule has 0 radical (unpaired) electrons. The second-order valence-corrected chi connectivity index (χ2v) is 6.21. The Morgan fingerprint density at radius 2 is 2.09 bits per heavy atom. The van der Waals surface area contributed by atoms with Crippen molar-refractivity contribution in [3.63, 3.8) is 0 Å². The fourth-order valence-electron chi connectivity index (χ4n) is 3.87. The zero-order valence-electron chi connectivity index (χ0n) is 13.1. The molecule has 2 aromatic rings. The molecule has 0 saturated carbocycles. The zero-order valence-corrected chi connectivity index (χ0v) is 13.1. The third-order valence-electron chi connectivity index (χ3n) is 4.87. The van der Waals surface area contributed by atoms with Crippen molar-refractivity contribution < 1.29 is 9.53 Å². The minimum atomic E-state index is -0.126. The number of esters is 1. The van der Waals surface area contributed by atoms with E-state index >= 15 is 0 Å². The van der Waals surface area contributed by atoms with Gasteiger partial charge in [-0.05, 0) is 47.6 Å². The van der Waals surface area contributed by atoms with Gasteiger partial charge in [-0.15, -0.1) is 6.58 Å². The van der Waals surface area contributed by atoms with Gasteiger partial charge in [0.2, 0.25) is 0 Å². The number of benzene rings is 2. The number of allylic oxidation sites excluding steroid dienone is 1. The molecule has 2 nitrogen and oxygen atoms in total. The monoisotopic (exact) mass is 294 g/mol. The first-order valence-electron chi connectivity index (χ1n) is 7.89. The van der Waals surface area contributed by atoms with Crippen LogP contribution in [0.3, 0.4) is 0 Å². The number of ether oxygens (including phenoxy) is 1. The van der Waals surface area contributed by atoms with E-state index in [9.17, 15) is 4.79 Å². The lowest BCUT2D eigenvalue weighted by Gasteiger charge is -2.29. The van der Waals surface area contributed by atoms with Crippen LogP contribution < -0.4 is 0 Å². The van der Waals surface area contributed by atoms with Gasteiger partial charge < -0.3 is 4.74 Å².